The van der Waals surface area contributed by atoms with Crippen LogP contribution in [0.1, 0.15) is 5.56 Å². The van der Waals surface area contributed by atoms with Crippen molar-refractivity contribution in [1.29, 1.82) is 0 Å². The summed E-state index contributed by atoms with van der Waals surface area (Å²) in [5.41, 5.74) is 3.20. The second-order valence-corrected chi connectivity index (χ2v) is 7.05. The Labute approximate surface area is 167 Å². The van der Waals surface area contributed by atoms with E-state index in [1.54, 1.807) is 0 Å². The van der Waals surface area contributed by atoms with Gasteiger partial charge in [-0.2, -0.15) is 0 Å². The second kappa shape index (κ2) is 10.1. The molecule has 1 fully saturated rings. The molecule has 0 spiro atoms. The number of nitrogens with one attached hydrogen (secondary N) is 1. The average Bonchev–Trinajstić information content (AvgIpc) is 2.69. The molecule has 6 heteroatoms. The lowest BCUT2D eigenvalue weighted by molar-refractivity contribution is -0.120. The Balaban J connectivity index is 1.39. The van der Waals surface area contributed by atoms with E-state index in [4.69, 9.17) is 9.47 Å². The first-order valence-electron chi connectivity index (χ1n) is 9.71. The number of anilines is 2. The van der Waals surface area contributed by atoms with Gasteiger partial charge in [-0.15, -0.1) is 0 Å². The van der Waals surface area contributed by atoms with E-state index in [0.29, 0.717) is 13.2 Å². The molecular formula is C22H29N3O3. The zero-order chi connectivity index (χ0) is 19.8. The Bertz CT molecular complexity index is 759. The lowest BCUT2D eigenvalue weighted by Gasteiger charge is -2.35. The largest absolute Gasteiger partial charge is 0.491 e. The van der Waals surface area contributed by atoms with Crippen LogP contribution in [0.4, 0.5) is 11.4 Å². The summed E-state index contributed by atoms with van der Waals surface area (Å²) in [4.78, 5) is 16.8. The predicted molar refractivity (Wildman–Crippen MR) is 112 cm³/mol. The first-order chi connectivity index (χ1) is 13.6. The molecule has 0 unspecified atom stereocenters. The van der Waals surface area contributed by atoms with Crippen molar-refractivity contribution in [3.05, 3.63) is 54.1 Å². The van der Waals surface area contributed by atoms with Gasteiger partial charge in [-0.25, -0.2) is 0 Å². The Morgan fingerprint density at radius 2 is 1.79 bits per heavy atom. The van der Waals surface area contributed by atoms with Crippen molar-refractivity contribution in [3.8, 4) is 5.75 Å². The third kappa shape index (κ3) is 5.97. The first kappa shape index (κ1) is 20.2. The molecule has 2 aromatic rings. The fourth-order valence-corrected chi connectivity index (χ4v) is 3.23. The number of aryl methyl sites for hydroxylation is 1. The van der Waals surface area contributed by atoms with Crippen molar-refractivity contribution in [2.75, 3.05) is 63.3 Å². The molecule has 1 aliphatic heterocycles. The molecule has 1 heterocycles. The maximum Gasteiger partial charge on any atom is 0.250 e. The average molecular weight is 383 g/mol. The number of para-hydroxylation sites is 1. The second-order valence-electron chi connectivity index (χ2n) is 7.05. The number of hydrogen-bond acceptors (Lipinski definition) is 5. The van der Waals surface area contributed by atoms with Crippen LogP contribution in [-0.2, 0) is 9.53 Å². The number of amides is 1. The number of carbonyl (C=O) groups is 1. The standard InChI is InChI=1S/C22H29N3O3/c1-18-16-19(8-9-21(18)25-12-10-24(2)11-13-25)23-22(26)17-27-14-15-28-20-6-4-3-5-7-20/h3-9,16H,10-15,17H2,1-2H3,(H,23,26). The fourth-order valence-electron chi connectivity index (χ4n) is 3.23. The number of rotatable bonds is 8. The number of ether oxygens (including phenoxy) is 2. The molecule has 0 atom stereocenters. The van der Waals surface area contributed by atoms with Gasteiger partial charge in [0.15, 0.2) is 0 Å². The van der Waals surface area contributed by atoms with Gasteiger partial charge in [-0.1, -0.05) is 18.2 Å². The van der Waals surface area contributed by atoms with E-state index in [-0.39, 0.29) is 12.5 Å². The molecule has 1 N–H and O–H groups in total. The van der Waals surface area contributed by atoms with Gasteiger partial charge in [0, 0.05) is 37.6 Å². The van der Waals surface area contributed by atoms with E-state index >= 15 is 0 Å². The minimum atomic E-state index is -0.161. The highest BCUT2D eigenvalue weighted by Gasteiger charge is 2.16. The molecular weight excluding hydrogens is 354 g/mol. The Morgan fingerprint density at radius 1 is 1.04 bits per heavy atom. The van der Waals surface area contributed by atoms with E-state index in [0.717, 1.165) is 37.6 Å². The molecule has 0 aromatic heterocycles. The molecule has 0 radical (unpaired) electrons. The molecule has 0 bridgehead atoms. The van der Waals surface area contributed by atoms with Crippen LogP contribution in [0.15, 0.2) is 48.5 Å². The van der Waals surface area contributed by atoms with Crippen LogP contribution in [0.2, 0.25) is 0 Å². The smallest absolute Gasteiger partial charge is 0.250 e. The van der Waals surface area contributed by atoms with Gasteiger partial charge in [0.2, 0.25) is 5.91 Å². The van der Waals surface area contributed by atoms with E-state index in [9.17, 15) is 4.79 Å². The summed E-state index contributed by atoms with van der Waals surface area (Å²) in [6.07, 6.45) is 0. The zero-order valence-corrected chi connectivity index (χ0v) is 16.7. The summed E-state index contributed by atoms with van der Waals surface area (Å²) in [7, 11) is 2.15. The van der Waals surface area contributed by atoms with Gasteiger partial charge in [-0.05, 0) is 49.9 Å². The maximum atomic E-state index is 12.1. The number of hydrogen-bond donors (Lipinski definition) is 1. The molecule has 1 amide bonds. The third-order valence-electron chi connectivity index (χ3n) is 4.80. The Kier molecular flexibility index (Phi) is 7.28. The maximum absolute atomic E-state index is 12.1. The highest BCUT2D eigenvalue weighted by Crippen LogP contribution is 2.24. The van der Waals surface area contributed by atoms with Crippen molar-refractivity contribution >= 4 is 17.3 Å². The monoisotopic (exact) mass is 383 g/mol. The SMILES string of the molecule is Cc1cc(NC(=O)COCCOc2ccccc2)ccc1N1CCN(C)CC1. The third-order valence-corrected chi connectivity index (χ3v) is 4.80. The molecule has 2 aromatic carbocycles. The fraction of sp³-hybridized carbons (Fsp3) is 0.409. The predicted octanol–water partition coefficient (Wildman–Crippen LogP) is 2.78. The lowest BCUT2D eigenvalue weighted by atomic mass is 10.1. The van der Waals surface area contributed by atoms with Crippen LogP contribution in [-0.4, -0.2) is 63.9 Å². The van der Waals surface area contributed by atoms with Crippen LogP contribution in [0.25, 0.3) is 0 Å². The molecule has 0 saturated carbocycles. The minimum absolute atomic E-state index is 0.0113. The molecule has 1 saturated heterocycles. The van der Waals surface area contributed by atoms with Crippen LogP contribution < -0.4 is 15.0 Å². The van der Waals surface area contributed by atoms with Gasteiger partial charge in [-0.3, -0.25) is 4.79 Å². The van der Waals surface area contributed by atoms with E-state index in [1.807, 2.05) is 42.5 Å². The summed E-state index contributed by atoms with van der Waals surface area (Å²) < 4.78 is 10.9. The van der Waals surface area contributed by atoms with Gasteiger partial charge in [0.05, 0.1) is 6.61 Å². The van der Waals surface area contributed by atoms with E-state index in [2.05, 4.69) is 35.2 Å². The number of piperazine rings is 1. The Morgan fingerprint density at radius 3 is 2.50 bits per heavy atom. The summed E-state index contributed by atoms with van der Waals surface area (Å²) >= 11 is 0. The summed E-state index contributed by atoms with van der Waals surface area (Å²) in [6, 6.07) is 15.6. The van der Waals surface area contributed by atoms with Gasteiger partial charge < -0.3 is 24.6 Å². The van der Waals surface area contributed by atoms with Crippen molar-refractivity contribution in [2.24, 2.45) is 0 Å². The van der Waals surface area contributed by atoms with E-state index in [1.165, 1.54) is 11.3 Å². The van der Waals surface area contributed by atoms with Crippen LogP contribution in [0.3, 0.4) is 0 Å². The van der Waals surface area contributed by atoms with Crippen molar-refractivity contribution < 1.29 is 14.3 Å². The van der Waals surface area contributed by atoms with Gasteiger partial charge in [0.1, 0.15) is 19.0 Å². The Hall–Kier alpha value is -2.57. The quantitative estimate of drug-likeness (QED) is 0.711. The van der Waals surface area contributed by atoms with Gasteiger partial charge >= 0.3 is 0 Å². The van der Waals surface area contributed by atoms with Crippen molar-refractivity contribution in [1.82, 2.24) is 4.90 Å². The number of likely N-dealkylation sites (N-methyl/N-ethyl adjacent to an activating group) is 1. The van der Waals surface area contributed by atoms with Crippen molar-refractivity contribution in [3.63, 3.8) is 0 Å². The molecule has 150 valence electrons. The molecule has 28 heavy (non-hydrogen) atoms. The zero-order valence-electron chi connectivity index (χ0n) is 16.7. The highest BCUT2D eigenvalue weighted by atomic mass is 16.5. The molecule has 6 nitrogen and oxygen atoms in total. The highest BCUT2D eigenvalue weighted by molar-refractivity contribution is 5.92. The summed E-state index contributed by atoms with van der Waals surface area (Å²) in [5, 5.41) is 2.90. The van der Waals surface area contributed by atoms with E-state index < -0.39 is 0 Å². The number of benzene rings is 2. The normalized spacial score (nSPS) is 14.7. The molecule has 1 aliphatic rings. The van der Waals surface area contributed by atoms with Crippen molar-refractivity contribution in [2.45, 2.75) is 6.92 Å². The first-order valence-corrected chi connectivity index (χ1v) is 9.71. The van der Waals surface area contributed by atoms with Crippen LogP contribution >= 0.6 is 0 Å². The van der Waals surface area contributed by atoms with Gasteiger partial charge in [0.25, 0.3) is 0 Å². The topological polar surface area (TPSA) is 54.0 Å². The molecule has 3 rings (SSSR count). The number of nitrogens with zero attached hydrogens (tertiary/aromatic N) is 2. The van der Waals surface area contributed by atoms with Crippen LogP contribution in [0, 0.1) is 6.92 Å². The number of carbonyl (C=O) groups excluding carboxylic acids is 1. The lowest BCUT2D eigenvalue weighted by Crippen LogP contribution is -2.44. The molecule has 0 aliphatic carbocycles. The minimum Gasteiger partial charge on any atom is -0.491 e. The summed E-state index contributed by atoms with van der Waals surface area (Å²) in [5.74, 6) is 0.637. The summed E-state index contributed by atoms with van der Waals surface area (Å²) in [6.45, 7) is 7.08. The van der Waals surface area contributed by atoms with Crippen LogP contribution in [0.5, 0.6) is 5.75 Å².